The third-order valence-electron chi connectivity index (χ3n) is 4.91. The molecule has 1 saturated heterocycles. The number of aromatic nitrogens is 2. The molecule has 2 aliphatic rings. The molecular formula is C19H21N3O3. The highest BCUT2D eigenvalue weighted by atomic mass is 16.5. The second kappa shape index (κ2) is 6.35. The first-order valence-corrected chi connectivity index (χ1v) is 8.70. The summed E-state index contributed by atoms with van der Waals surface area (Å²) in [5.74, 6) is -0.0878. The highest BCUT2D eigenvalue weighted by Crippen LogP contribution is 2.32. The van der Waals surface area contributed by atoms with Crippen LogP contribution in [0.1, 0.15) is 35.3 Å². The molecule has 0 bridgehead atoms. The van der Waals surface area contributed by atoms with Gasteiger partial charge in [-0.05, 0) is 31.9 Å². The second-order valence-corrected chi connectivity index (χ2v) is 6.84. The molecule has 2 aromatic rings. The van der Waals surface area contributed by atoms with E-state index in [1.165, 1.54) is 0 Å². The SMILES string of the molecule is Cc1c(C(=O)OC[C@H]2CC(=O)N(C3CC3)C2)cnn1-c1ccccc1. The van der Waals surface area contributed by atoms with E-state index in [2.05, 4.69) is 5.10 Å². The second-order valence-electron chi connectivity index (χ2n) is 6.84. The fraction of sp³-hybridized carbons (Fsp3) is 0.421. The van der Waals surface area contributed by atoms with Crippen LogP contribution in [0.5, 0.6) is 0 Å². The van der Waals surface area contributed by atoms with Gasteiger partial charge in [0, 0.05) is 24.9 Å². The van der Waals surface area contributed by atoms with Gasteiger partial charge in [-0.25, -0.2) is 9.48 Å². The smallest absolute Gasteiger partial charge is 0.341 e. The Labute approximate surface area is 146 Å². The van der Waals surface area contributed by atoms with Crippen LogP contribution < -0.4 is 0 Å². The summed E-state index contributed by atoms with van der Waals surface area (Å²) >= 11 is 0. The van der Waals surface area contributed by atoms with Crippen LogP contribution in [-0.4, -0.2) is 45.8 Å². The van der Waals surface area contributed by atoms with Gasteiger partial charge in [0.1, 0.15) is 5.56 Å². The van der Waals surface area contributed by atoms with Crippen molar-refractivity contribution in [2.75, 3.05) is 13.2 Å². The lowest BCUT2D eigenvalue weighted by Crippen LogP contribution is -2.28. The Balaban J connectivity index is 1.39. The lowest BCUT2D eigenvalue weighted by atomic mass is 10.1. The van der Waals surface area contributed by atoms with Gasteiger partial charge in [-0.3, -0.25) is 4.79 Å². The zero-order chi connectivity index (χ0) is 17.4. The molecule has 25 heavy (non-hydrogen) atoms. The lowest BCUT2D eigenvalue weighted by molar-refractivity contribution is -0.128. The van der Waals surface area contributed by atoms with Gasteiger partial charge in [0.2, 0.25) is 5.91 Å². The molecule has 1 aliphatic heterocycles. The van der Waals surface area contributed by atoms with Gasteiger partial charge in [0.15, 0.2) is 0 Å². The Morgan fingerprint density at radius 1 is 1.28 bits per heavy atom. The minimum Gasteiger partial charge on any atom is -0.462 e. The number of carbonyl (C=O) groups excluding carboxylic acids is 2. The van der Waals surface area contributed by atoms with E-state index in [0.717, 1.165) is 24.2 Å². The third-order valence-corrected chi connectivity index (χ3v) is 4.91. The molecule has 1 aromatic heterocycles. The topological polar surface area (TPSA) is 64.4 Å². The minimum absolute atomic E-state index is 0.0986. The molecule has 1 atom stereocenters. The quantitative estimate of drug-likeness (QED) is 0.785. The summed E-state index contributed by atoms with van der Waals surface area (Å²) in [5, 5.41) is 4.30. The molecule has 6 nitrogen and oxygen atoms in total. The maximum absolute atomic E-state index is 12.4. The Bertz CT molecular complexity index is 796. The van der Waals surface area contributed by atoms with E-state index in [-0.39, 0.29) is 24.4 Å². The van der Waals surface area contributed by atoms with Gasteiger partial charge in [-0.15, -0.1) is 0 Å². The summed E-state index contributed by atoms with van der Waals surface area (Å²) < 4.78 is 7.19. The number of likely N-dealkylation sites (tertiary alicyclic amines) is 1. The summed E-state index contributed by atoms with van der Waals surface area (Å²) in [6.45, 7) is 2.84. The Hall–Kier alpha value is -2.63. The number of hydrogen-bond donors (Lipinski definition) is 0. The molecule has 0 spiro atoms. The number of esters is 1. The van der Waals surface area contributed by atoms with Crippen molar-refractivity contribution in [2.24, 2.45) is 5.92 Å². The molecule has 4 rings (SSSR count). The Morgan fingerprint density at radius 3 is 2.76 bits per heavy atom. The molecule has 1 amide bonds. The van der Waals surface area contributed by atoms with E-state index < -0.39 is 0 Å². The molecular weight excluding hydrogens is 318 g/mol. The summed E-state index contributed by atoms with van der Waals surface area (Å²) in [6, 6.07) is 10.1. The van der Waals surface area contributed by atoms with Gasteiger partial charge in [-0.1, -0.05) is 18.2 Å². The molecule has 1 aromatic carbocycles. The zero-order valence-electron chi connectivity index (χ0n) is 14.2. The van der Waals surface area contributed by atoms with Gasteiger partial charge in [0.05, 0.1) is 24.2 Å². The van der Waals surface area contributed by atoms with E-state index in [1.54, 1.807) is 10.9 Å². The third kappa shape index (κ3) is 3.16. The van der Waals surface area contributed by atoms with Crippen molar-refractivity contribution in [3.63, 3.8) is 0 Å². The molecule has 0 unspecified atom stereocenters. The van der Waals surface area contributed by atoms with Crippen molar-refractivity contribution in [3.05, 3.63) is 47.8 Å². The number of benzene rings is 1. The fourth-order valence-electron chi connectivity index (χ4n) is 3.37. The van der Waals surface area contributed by atoms with Gasteiger partial charge >= 0.3 is 5.97 Å². The Kier molecular flexibility index (Phi) is 4.03. The zero-order valence-corrected chi connectivity index (χ0v) is 14.2. The van der Waals surface area contributed by atoms with Crippen molar-refractivity contribution in [3.8, 4) is 5.69 Å². The van der Waals surface area contributed by atoms with Crippen molar-refractivity contribution in [1.29, 1.82) is 0 Å². The standard InChI is InChI=1S/C19H21N3O3/c1-13-17(10-20-22(13)16-5-3-2-4-6-16)19(24)25-12-14-9-18(23)21(11-14)15-7-8-15/h2-6,10,14-15H,7-9,11-12H2,1H3/t14-/m0/s1. The maximum Gasteiger partial charge on any atom is 0.341 e. The first-order valence-electron chi connectivity index (χ1n) is 8.70. The minimum atomic E-state index is -0.378. The van der Waals surface area contributed by atoms with Crippen LogP contribution in [-0.2, 0) is 9.53 Å². The van der Waals surface area contributed by atoms with Crippen LogP contribution >= 0.6 is 0 Å². The number of hydrogen-bond acceptors (Lipinski definition) is 4. The molecule has 0 radical (unpaired) electrons. The largest absolute Gasteiger partial charge is 0.462 e. The number of ether oxygens (including phenoxy) is 1. The van der Waals surface area contributed by atoms with Crippen molar-refractivity contribution in [1.82, 2.24) is 14.7 Å². The number of carbonyl (C=O) groups is 2. The summed E-state index contributed by atoms with van der Waals surface area (Å²) in [7, 11) is 0. The van der Waals surface area contributed by atoms with Gasteiger partial charge < -0.3 is 9.64 Å². The predicted molar refractivity (Wildman–Crippen MR) is 91.4 cm³/mol. The van der Waals surface area contributed by atoms with E-state index in [4.69, 9.17) is 4.74 Å². The van der Waals surface area contributed by atoms with Crippen molar-refractivity contribution >= 4 is 11.9 Å². The normalized spacial score (nSPS) is 20.1. The first-order chi connectivity index (χ1) is 12.1. The van der Waals surface area contributed by atoms with Crippen LogP contribution in [0.2, 0.25) is 0 Å². The summed E-state index contributed by atoms with van der Waals surface area (Å²) in [6.07, 6.45) is 4.24. The number of nitrogens with zero attached hydrogens (tertiary/aromatic N) is 3. The molecule has 6 heteroatoms. The van der Waals surface area contributed by atoms with Crippen molar-refractivity contribution < 1.29 is 14.3 Å². The average Bonchev–Trinajstić information content (AvgIpc) is 3.29. The van der Waals surface area contributed by atoms with Gasteiger partial charge in [-0.2, -0.15) is 5.10 Å². The van der Waals surface area contributed by atoms with E-state index in [1.807, 2.05) is 42.2 Å². The maximum atomic E-state index is 12.4. The summed E-state index contributed by atoms with van der Waals surface area (Å²) in [5.41, 5.74) is 2.12. The predicted octanol–water partition coefficient (Wildman–Crippen LogP) is 2.35. The highest BCUT2D eigenvalue weighted by Gasteiger charge is 2.39. The van der Waals surface area contributed by atoms with E-state index in [0.29, 0.717) is 24.6 Å². The van der Waals surface area contributed by atoms with Crippen LogP contribution in [0.4, 0.5) is 0 Å². The fourth-order valence-corrected chi connectivity index (χ4v) is 3.37. The molecule has 0 N–H and O–H groups in total. The Morgan fingerprint density at radius 2 is 2.04 bits per heavy atom. The number of amides is 1. The number of para-hydroxylation sites is 1. The molecule has 1 aliphatic carbocycles. The lowest BCUT2D eigenvalue weighted by Gasteiger charge is -2.15. The molecule has 1 saturated carbocycles. The van der Waals surface area contributed by atoms with Crippen LogP contribution in [0.3, 0.4) is 0 Å². The molecule has 2 fully saturated rings. The molecule has 2 heterocycles. The molecule has 130 valence electrons. The van der Waals surface area contributed by atoms with Crippen LogP contribution in [0, 0.1) is 12.8 Å². The highest BCUT2D eigenvalue weighted by molar-refractivity contribution is 5.90. The summed E-state index contributed by atoms with van der Waals surface area (Å²) in [4.78, 5) is 26.3. The van der Waals surface area contributed by atoms with Crippen LogP contribution in [0.15, 0.2) is 36.5 Å². The van der Waals surface area contributed by atoms with Gasteiger partial charge in [0.25, 0.3) is 0 Å². The number of rotatable bonds is 5. The van der Waals surface area contributed by atoms with E-state index in [9.17, 15) is 9.59 Å². The average molecular weight is 339 g/mol. The monoisotopic (exact) mass is 339 g/mol. The van der Waals surface area contributed by atoms with Crippen molar-refractivity contribution in [2.45, 2.75) is 32.2 Å². The van der Waals surface area contributed by atoms with E-state index >= 15 is 0 Å². The first kappa shape index (κ1) is 15.9. The van der Waals surface area contributed by atoms with Crippen LogP contribution in [0.25, 0.3) is 5.69 Å².